The molecule has 1 rings (SSSR count). The lowest BCUT2D eigenvalue weighted by Crippen LogP contribution is -2.50. The highest BCUT2D eigenvalue weighted by molar-refractivity contribution is 5.99. The highest BCUT2D eigenvalue weighted by Gasteiger charge is 2.28. The van der Waals surface area contributed by atoms with Gasteiger partial charge in [0.05, 0.1) is 17.7 Å². The Hall–Kier alpha value is -1.62. The van der Waals surface area contributed by atoms with E-state index < -0.39 is 17.3 Å². The van der Waals surface area contributed by atoms with Crippen molar-refractivity contribution in [3.05, 3.63) is 29.6 Å². The number of nitrogen functional groups attached to an aromatic ring is 1. The molecule has 0 saturated carbocycles. The molecule has 0 radical (unpaired) electrons. The van der Waals surface area contributed by atoms with Crippen LogP contribution in [0, 0.1) is 5.82 Å². The fourth-order valence-corrected chi connectivity index (χ4v) is 1.74. The number of carbonyl (C=O) groups is 1. The van der Waals surface area contributed by atoms with Crippen LogP contribution in [0.4, 0.5) is 10.1 Å². The summed E-state index contributed by atoms with van der Waals surface area (Å²) in [4.78, 5) is 12.0. The quantitative estimate of drug-likeness (QED) is 0.700. The van der Waals surface area contributed by atoms with Crippen LogP contribution in [-0.4, -0.2) is 23.2 Å². The minimum absolute atomic E-state index is 0.0894. The SMILES string of the molecule is CCC(CC)(CO)NC(=O)c1ccc(F)cc1N. The number of aliphatic hydroxyl groups excluding tert-OH is 1. The molecule has 0 atom stereocenters. The predicted molar refractivity (Wildman–Crippen MR) is 68.7 cm³/mol. The maximum atomic E-state index is 12.9. The Kier molecular flexibility index (Phi) is 4.67. The van der Waals surface area contributed by atoms with Crippen molar-refractivity contribution in [2.24, 2.45) is 0 Å². The molecule has 0 bridgehead atoms. The zero-order chi connectivity index (χ0) is 13.8. The van der Waals surface area contributed by atoms with Crippen LogP contribution in [0.2, 0.25) is 0 Å². The van der Waals surface area contributed by atoms with Gasteiger partial charge < -0.3 is 16.2 Å². The van der Waals surface area contributed by atoms with E-state index in [0.29, 0.717) is 12.8 Å². The summed E-state index contributed by atoms with van der Waals surface area (Å²) >= 11 is 0. The van der Waals surface area contributed by atoms with E-state index >= 15 is 0 Å². The molecule has 4 N–H and O–H groups in total. The number of hydrogen-bond acceptors (Lipinski definition) is 3. The van der Waals surface area contributed by atoms with Crippen LogP contribution in [-0.2, 0) is 0 Å². The van der Waals surface area contributed by atoms with Crippen molar-refractivity contribution in [3.8, 4) is 0 Å². The number of nitrogens with one attached hydrogen (secondary N) is 1. The summed E-state index contributed by atoms with van der Waals surface area (Å²) in [5.74, 6) is -0.881. The second-order valence-corrected chi connectivity index (χ2v) is 4.33. The Bertz CT molecular complexity index is 423. The number of anilines is 1. The minimum Gasteiger partial charge on any atom is -0.398 e. The van der Waals surface area contributed by atoms with Gasteiger partial charge in [0.1, 0.15) is 5.82 Å². The van der Waals surface area contributed by atoms with Crippen molar-refractivity contribution in [2.45, 2.75) is 32.2 Å². The Morgan fingerprint density at radius 2 is 2.06 bits per heavy atom. The fraction of sp³-hybridized carbons (Fsp3) is 0.462. The third-order valence-electron chi connectivity index (χ3n) is 3.29. The van der Waals surface area contributed by atoms with Crippen LogP contribution in [0.5, 0.6) is 0 Å². The number of amides is 1. The maximum Gasteiger partial charge on any atom is 0.253 e. The number of benzene rings is 1. The average Bonchev–Trinajstić information content (AvgIpc) is 2.36. The molecular formula is C13H19FN2O2. The van der Waals surface area contributed by atoms with Crippen molar-refractivity contribution in [2.75, 3.05) is 12.3 Å². The normalized spacial score (nSPS) is 11.3. The Balaban J connectivity index is 2.94. The summed E-state index contributed by atoms with van der Waals surface area (Å²) in [7, 11) is 0. The second-order valence-electron chi connectivity index (χ2n) is 4.33. The van der Waals surface area contributed by atoms with Crippen molar-refractivity contribution in [1.29, 1.82) is 0 Å². The molecule has 1 aromatic carbocycles. The summed E-state index contributed by atoms with van der Waals surface area (Å²) < 4.78 is 12.9. The molecule has 5 heteroatoms. The van der Waals surface area contributed by atoms with Gasteiger partial charge in [0, 0.05) is 5.69 Å². The first kappa shape index (κ1) is 14.4. The highest BCUT2D eigenvalue weighted by atomic mass is 19.1. The second kappa shape index (κ2) is 5.82. The van der Waals surface area contributed by atoms with Crippen LogP contribution < -0.4 is 11.1 Å². The Labute approximate surface area is 106 Å². The first-order chi connectivity index (χ1) is 8.48. The summed E-state index contributed by atoms with van der Waals surface area (Å²) in [6.07, 6.45) is 1.21. The summed E-state index contributed by atoms with van der Waals surface area (Å²) in [6.45, 7) is 3.62. The van der Waals surface area contributed by atoms with Gasteiger partial charge in [-0.05, 0) is 31.0 Å². The average molecular weight is 254 g/mol. The molecule has 0 unspecified atom stereocenters. The van der Waals surface area contributed by atoms with Crippen molar-refractivity contribution >= 4 is 11.6 Å². The molecule has 0 aliphatic heterocycles. The standard InChI is InChI=1S/C13H19FN2O2/c1-3-13(4-2,8-17)16-12(18)10-6-5-9(14)7-11(10)15/h5-7,17H,3-4,8,15H2,1-2H3,(H,16,18). The van der Waals surface area contributed by atoms with Gasteiger partial charge in [-0.1, -0.05) is 13.8 Å². The lowest BCUT2D eigenvalue weighted by Gasteiger charge is -2.30. The molecule has 100 valence electrons. The summed E-state index contributed by atoms with van der Waals surface area (Å²) in [5.41, 5.74) is 5.26. The van der Waals surface area contributed by atoms with Crippen molar-refractivity contribution in [1.82, 2.24) is 5.32 Å². The van der Waals surface area contributed by atoms with Crippen LogP contribution in [0.15, 0.2) is 18.2 Å². The highest BCUT2D eigenvalue weighted by Crippen LogP contribution is 2.18. The van der Waals surface area contributed by atoms with Crippen LogP contribution in [0.3, 0.4) is 0 Å². The minimum atomic E-state index is -0.655. The molecule has 0 aromatic heterocycles. The monoisotopic (exact) mass is 254 g/mol. The number of hydrogen-bond donors (Lipinski definition) is 3. The molecule has 18 heavy (non-hydrogen) atoms. The van der Waals surface area contributed by atoms with Gasteiger partial charge in [0.25, 0.3) is 5.91 Å². The molecule has 0 fully saturated rings. The van der Waals surface area contributed by atoms with E-state index in [9.17, 15) is 14.3 Å². The third kappa shape index (κ3) is 2.98. The molecule has 1 amide bonds. The van der Waals surface area contributed by atoms with Gasteiger partial charge in [0.2, 0.25) is 0 Å². The van der Waals surface area contributed by atoms with Crippen molar-refractivity contribution in [3.63, 3.8) is 0 Å². The number of rotatable bonds is 5. The maximum absolute atomic E-state index is 12.9. The number of halogens is 1. The molecule has 0 heterocycles. The van der Waals surface area contributed by atoms with E-state index in [0.717, 1.165) is 6.07 Å². The fourth-order valence-electron chi connectivity index (χ4n) is 1.74. The first-order valence-corrected chi connectivity index (χ1v) is 5.96. The largest absolute Gasteiger partial charge is 0.398 e. The van der Waals surface area contributed by atoms with Gasteiger partial charge in [0.15, 0.2) is 0 Å². The Morgan fingerprint density at radius 1 is 1.44 bits per heavy atom. The van der Waals surface area contributed by atoms with Crippen molar-refractivity contribution < 1.29 is 14.3 Å². The predicted octanol–water partition coefficient (Wildman–Crippen LogP) is 1.69. The van der Waals surface area contributed by atoms with Crippen LogP contribution in [0.1, 0.15) is 37.0 Å². The van der Waals surface area contributed by atoms with Gasteiger partial charge in [-0.2, -0.15) is 0 Å². The zero-order valence-corrected chi connectivity index (χ0v) is 10.7. The Morgan fingerprint density at radius 3 is 2.50 bits per heavy atom. The van der Waals surface area contributed by atoms with E-state index in [-0.39, 0.29) is 17.9 Å². The molecule has 0 aliphatic rings. The topological polar surface area (TPSA) is 75.3 Å². The molecule has 1 aromatic rings. The molecule has 0 spiro atoms. The smallest absolute Gasteiger partial charge is 0.253 e. The first-order valence-electron chi connectivity index (χ1n) is 5.96. The zero-order valence-electron chi connectivity index (χ0n) is 10.7. The van der Waals surface area contributed by atoms with Gasteiger partial charge in [-0.25, -0.2) is 4.39 Å². The van der Waals surface area contributed by atoms with Gasteiger partial charge >= 0.3 is 0 Å². The van der Waals surface area contributed by atoms with Gasteiger partial charge in [-0.3, -0.25) is 4.79 Å². The summed E-state index contributed by atoms with van der Waals surface area (Å²) in [6, 6.07) is 3.63. The number of nitrogens with two attached hydrogens (primary N) is 1. The summed E-state index contributed by atoms with van der Waals surface area (Å²) in [5, 5.41) is 12.1. The molecular weight excluding hydrogens is 235 g/mol. The van der Waals surface area contributed by atoms with E-state index in [1.165, 1.54) is 12.1 Å². The lowest BCUT2D eigenvalue weighted by atomic mass is 9.93. The lowest BCUT2D eigenvalue weighted by molar-refractivity contribution is 0.0818. The van der Waals surface area contributed by atoms with Crippen LogP contribution in [0.25, 0.3) is 0 Å². The molecule has 0 aliphatic carbocycles. The molecule has 4 nitrogen and oxygen atoms in total. The molecule has 0 saturated heterocycles. The van der Waals surface area contributed by atoms with Gasteiger partial charge in [-0.15, -0.1) is 0 Å². The number of aliphatic hydroxyl groups is 1. The van der Waals surface area contributed by atoms with E-state index in [4.69, 9.17) is 5.73 Å². The van der Waals surface area contributed by atoms with Crippen LogP contribution >= 0.6 is 0 Å². The van der Waals surface area contributed by atoms with E-state index in [1.54, 1.807) is 0 Å². The van der Waals surface area contributed by atoms with E-state index in [2.05, 4.69) is 5.32 Å². The third-order valence-corrected chi connectivity index (χ3v) is 3.29. The number of carbonyl (C=O) groups excluding carboxylic acids is 1. The van der Waals surface area contributed by atoms with E-state index in [1.807, 2.05) is 13.8 Å².